The molecule has 0 spiro atoms. The lowest BCUT2D eigenvalue weighted by atomic mass is 10.2. The summed E-state index contributed by atoms with van der Waals surface area (Å²) in [5.74, 6) is -2.60. The molecule has 3 amide bonds. The minimum atomic E-state index is -1.05. The number of hydrazone groups is 1. The molecule has 0 bridgehead atoms. The summed E-state index contributed by atoms with van der Waals surface area (Å²) in [6.45, 7) is 1.05. The summed E-state index contributed by atoms with van der Waals surface area (Å²) in [5, 5.41) is 27.5. The number of nitro groups is 1. The third-order valence-corrected chi connectivity index (χ3v) is 2.74. The number of anilines is 1. The molecular formula is C14H17N5O6. The average molecular weight is 351 g/mol. The largest absolute Gasteiger partial charge is 0.395 e. The number of benzene rings is 1. The van der Waals surface area contributed by atoms with Gasteiger partial charge in [0.1, 0.15) is 5.69 Å². The predicted octanol–water partition coefficient (Wildman–Crippen LogP) is -0.476. The van der Waals surface area contributed by atoms with Crippen LogP contribution in [-0.2, 0) is 14.4 Å². The molecule has 0 fully saturated rings. The predicted molar refractivity (Wildman–Crippen MR) is 87.7 cm³/mol. The SMILES string of the molecule is C/C(CC(=O)Nc1ccccc1[N+](=O)[O-])=N\NC(=O)C(=O)NCCO. The molecule has 25 heavy (non-hydrogen) atoms. The number of rotatable bonds is 7. The van der Waals surface area contributed by atoms with Crippen LogP contribution in [0.15, 0.2) is 29.4 Å². The van der Waals surface area contributed by atoms with E-state index in [1.165, 1.54) is 31.2 Å². The van der Waals surface area contributed by atoms with Crippen molar-refractivity contribution in [1.82, 2.24) is 10.7 Å². The van der Waals surface area contributed by atoms with Crippen molar-refractivity contribution < 1.29 is 24.4 Å². The third-order valence-electron chi connectivity index (χ3n) is 2.74. The standard InChI is InChI=1S/C14H17N5O6/c1-9(17-18-14(23)13(22)15-6-7-20)8-12(21)16-10-4-2-3-5-11(10)19(24)25/h2-5,20H,6-8H2,1H3,(H,15,22)(H,16,21)(H,18,23)/b17-9+. The summed E-state index contributed by atoms with van der Waals surface area (Å²) in [7, 11) is 0. The Balaban J connectivity index is 2.58. The van der Waals surface area contributed by atoms with E-state index < -0.39 is 22.6 Å². The van der Waals surface area contributed by atoms with Gasteiger partial charge in [0.25, 0.3) is 5.69 Å². The normalized spacial score (nSPS) is 10.7. The maximum Gasteiger partial charge on any atom is 0.329 e. The van der Waals surface area contributed by atoms with Gasteiger partial charge >= 0.3 is 11.8 Å². The van der Waals surface area contributed by atoms with Crippen LogP contribution < -0.4 is 16.1 Å². The Morgan fingerprint density at radius 2 is 1.92 bits per heavy atom. The summed E-state index contributed by atoms with van der Waals surface area (Å²) in [5.41, 5.74) is 1.93. The molecule has 0 aliphatic heterocycles. The number of para-hydroxylation sites is 2. The van der Waals surface area contributed by atoms with Crippen LogP contribution in [0.3, 0.4) is 0 Å². The second-order valence-electron chi connectivity index (χ2n) is 4.77. The number of nitrogens with one attached hydrogen (secondary N) is 3. The van der Waals surface area contributed by atoms with Gasteiger partial charge in [0.05, 0.1) is 18.0 Å². The van der Waals surface area contributed by atoms with Gasteiger partial charge in [-0.1, -0.05) is 12.1 Å². The van der Waals surface area contributed by atoms with Crippen LogP contribution in [0.2, 0.25) is 0 Å². The number of nitro benzene ring substituents is 1. The van der Waals surface area contributed by atoms with E-state index in [0.29, 0.717) is 0 Å². The highest BCUT2D eigenvalue weighted by molar-refractivity contribution is 6.35. The number of amides is 3. The lowest BCUT2D eigenvalue weighted by Crippen LogP contribution is -2.39. The lowest BCUT2D eigenvalue weighted by Gasteiger charge is -2.06. The Morgan fingerprint density at radius 1 is 1.24 bits per heavy atom. The van der Waals surface area contributed by atoms with E-state index in [9.17, 15) is 24.5 Å². The summed E-state index contributed by atoms with van der Waals surface area (Å²) in [6, 6.07) is 5.64. The van der Waals surface area contributed by atoms with Gasteiger partial charge in [-0.05, 0) is 13.0 Å². The number of carbonyl (C=O) groups is 3. The van der Waals surface area contributed by atoms with Crippen molar-refractivity contribution >= 4 is 34.8 Å². The Hall–Kier alpha value is -3.34. The van der Waals surface area contributed by atoms with Gasteiger partial charge in [-0.2, -0.15) is 5.10 Å². The van der Waals surface area contributed by atoms with Crippen molar-refractivity contribution in [2.45, 2.75) is 13.3 Å². The molecule has 1 aromatic rings. The van der Waals surface area contributed by atoms with Gasteiger partial charge in [-0.15, -0.1) is 0 Å². The van der Waals surface area contributed by atoms with E-state index >= 15 is 0 Å². The Bertz CT molecular complexity index is 703. The van der Waals surface area contributed by atoms with Crippen LogP contribution in [-0.4, -0.2) is 46.6 Å². The average Bonchev–Trinajstić information content (AvgIpc) is 2.57. The number of aliphatic hydroxyl groups excluding tert-OH is 1. The zero-order valence-electron chi connectivity index (χ0n) is 13.3. The molecule has 11 nitrogen and oxygen atoms in total. The van der Waals surface area contributed by atoms with Crippen molar-refractivity contribution in [3.63, 3.8) is 0 Å². The summed E-state index contributed by atoms with van der Waals surface area (Å²) < 4.78 is 0. The van der Waals surface area contributed by atoms with Crippen LogP contribution in [0.25, 0.3) is 0 Å². The Labute approximate surface area is 142 Å². The molecule has 11 heteroatoms. The monoisotopic (exact) mass is 351 g/mol. The smallest absolute Gasteiger partial charge is 0.329 e. The molecule has 0 heterocycles. The van der Waals surface area contributed by atoms with Crippen molar-refractivity contribution in [2.24, 2.45) is 5.10 Å². The molecule has 0 radical (unpaired) electrons. The van der Waals surface area contributed by atoms with Crippen LogP contribution in [0.1, 0.15) is 13.3 Å². The van der Waals surface area contributed by atoms with Gasteiger partial charge in [0, 0.05) is 18.3 Å². The summed E-state index contributed by atoms with van der Waals surface area (Å²) >= 11 is 0. The first kappa shape index (κ1) is 19.7. The van der Waals surface area contributed by atoms with E-state index in [1.54, 1.807) is 0 Å². The molecule has 0 saturated heterocycles. The zero-order valence-corrected chi connectivity index (χ0v) is 13.3. The highest BCUT2D eigenvalue weighted by Crippen LogP contribution is 2.23. The van der Waals surface area contributed by atoms with Crippen LogP contribution in [0, 0.1) is 10.1 Å². The molecule has 4 N–H and O–H groups in total. The van der Waals surface area contributed by atoms with E-state index in [4.69, 9.17) is 5.11 Å². The highest BCUT2D eigenvalue weighted by Gasteiger charge is 2.16. The van der Waals surface area contributed by atoms with Crippen LogP contribution >= 0.6 is 0 Å². The first-order chi connectivity index (χ1) is 11.8. The van der Waals surface area contributed by atoms with Crippen molar-refractivity contribution in [3.05, 3.63) is 34.4 Å². The van der Waals surface area contributed by atoms with Gasteiger partial charge in [-0.3, -0.25) is 24.5 Å². The van der Waals surface area contributed by atoms with E-state index in [2.05, 4.69) is 15.7 Å². The number of aliphatic hydroxyl groups is 1. The molecule has 0 saturated carbocycles. The maximum absolute atomic E-state index is 11.9. The first-order valence-corrected chi connectivity index (χ1v) is 7.10. The van der Waals surface area contributed by atoms with E-state index in [0.717, 1.165) is 0 Å². The molecule has 0 aliphatic carbocycles. The van der Waals surface area contributed by atoms with Crippen molar-refractivity contribution in [3.8, 4) is 0 Å². The fourth-order valence-electron chi connectivity index (χ4n) is 1.65. The van der Waals surface area contributed by atoms with Gasteiger partial charge in [-0.25, -0.2) is 5.43 Å². The number of carbonyl (C=O) groups excluding carboxylic acids is 3. The van der Waals surface area contributed by atoms with Crippen molar-refractivity contribution in [1.29, 1.82) is 0 Å². The fraction of sp³-hybridized carbons (Fsp3) is 0.286. The topological polar surface area (TPSA) is 163 Å². The minimum Gasteiger partial charge on any atom is -0.395 e. The molecule has 0 unspecified atom stereocenters. The fourth-order valence-corrected chi connectivity index (χ4v) is 1.65. The number of hydrogen-bond acceptors (Lipinski definition) is 7. The van der Waals surface area contributed by atoms with E-state index in [1.807, 2.05) is 5.43 Å². The molecular weight excluding hydrogens is 334 g/mol. The maximum atomic E-state index is 11.9. The minimum absolute atomic E-state index is 0.0396. The van der Waals surface area contributed by atoms with E-state index in [-0.39, 0.29) is 36.7 Å². The molecule has 1 rings (SSSR count). The molecule has 0 atom stereocenters. The quantitative estimate of drug-likeness (QED) is 0.224. The van der Waals surface area contributed by atoms with Gasteiger partial charge in [0.2, 0.25) is 5.91 Å². The second-order valence-corrected chi connectivity index (χ2v) is 4.77. The highest BCUT2D eigenvalue weighted by atomic mass is 16.6. The first-order valence-electron chi connectivity index (χ1n) is 7.10. The Morgan fingerprint density at radius 3 is 2.56 bits per heavy atom. The molecule has 134 valence electrons. The third kappa shape index (κ3) is 6.74. The summed E-state index contributed by atoms with van der Waals surface area (Å²) in [4.78, 5) is 44.7. The van der Waals surface area contributed by atoms with Crippen LogP contribution in [0.5, 0.6) is 0 Å². The Kier molecular flexibility index (Phi) is 7.66. The second kappa shape index (κ2) is 9.72. The summed E-state index contributed by atoms with van der Waals surface area (Å²) in [6.07, 6.45) is -0.245. The molecule has 0 aromatic heterocycles. The lowest BCUT2D eigenvalue weighted by molar-refractivity contribution is -0.383. The molecule has 1 aromatic carbocycles. The van der Waals surface area contributed by atoms with Gasteiger partial charge < -0.3 is 15.7 Å². The van der Waals surface area contributed by atoms with Gasteiger partial charge in [0.15, 0.2) is 0 Å². The van der Waals surface area contributed by atoms with Crippen molar-refractivity contribution in [2.75, 3.05) is 18.5 Å². The van der Waals surface area contributed by atoms with Crippen LogP contribution in [0.4, 0.5) is 11.4 Å². The number of hydrogen-bond donors (Lipinski definition) is 4. The zero-order chi connectivity index (χ0) is 18.8. The molecule has 0 aliphatic rings. The number of nitrogens with zero attached hydrogens (tertiary/aromatic N) is 2.